The second kappa shape index (κ2) is 8.90. The molecule has 5 rings (SSSR count). The molecule has 0 bridgehead atoms. The minimum atomic E-state index is -0.104. The van der Waals surface area contributed by atoms with E-state index in [1.54, 1.807) is 6.20 Å². The maximum atomic E-state index is 12.8. The lowest BCUT2D eigenvalue weighted by Crippen LogP contribution is -2.28. The van der Waals surface area contributed by atoms with Crippen molar-refractivity contribution in [1.82, 2.24) is 19.6 Å². The molecule has 2 aromatic heterocycles. The summed E-state index contributed by atoms with van der Waals surface area (Å²) >= 11 is 0. The lowest BCUT2D eigenvalue weighted by Gasteiger charge is -2.17. The van der Waals surface area contributed by atoms with E-state index in [1.165, 1.54) is 0 Å². The molecule has 1 saturated heterocycles. The van der Waals surface area contributed by atoms with E-state index in [4.69, 9.17) is 0 Å². The summed E-state index contributed by atoms with van der Waals surface area (Å²) in [6.45, 7) is 3.90. The molecule has 2 amide bonds. The number of fused-ring (bicyclic) bond motifs is 1. The van der Waals surface area contributed by atoms with Crippen LogP contribution >= 0.6 is 0 Å². The van der Waals surface area contributed by atoms with Crippen molar-refractivity contribution in [1.29, 1.82) is 0 Å². The van der Waals surface area contributed by atoms with Crippen LogP contribution in [0.2, 0.25) is 0 Å². The Bertz CT molecular complexity index is 1310. The van der Waals surface area contributed by atoms with E-state index >= 15 is 0 Å². The maximum absolute atomic E-state index is 12.8. The Kier molecular flexibility index (Phi) is 5.65. The third-order valence-electron chi connectivity index (χ3n) is 6.30. The number of carbonyl (C=O) groups is 2. The van der Waals surface area contributed by atoms with Crippen LogP contribution in [-0.2, 0) is 6.54 Å². The fraction of sp³-hybridized carbons (Fsp3) is 0.222. The van der Waals surface area contributed by atoms with Gasteiger partial charge in [-0.1, -0.05) is 29.8 Å². The third-order valence-corrected chi connectivity index (χ3v) is 6.30. The number of carbonyl (C=O) groups excluding carboxylic acids is 2. The first-order chi connectivity index (χ1) is 16.1. The van der Waals surface area contributed by atoms with Crippen LogP contribution in [0.3, 0.4) is 0 Å². The number of nitrogens with zero attached hydrogens (tertiary/aromatic N) is 3. The van der Waals surface area contributed by atoms with Gasteiger partial charge in [-0.05, 0) is 60.9 Å². The van der Waals surface area contributed by atoms with Gasteiger partial charge in [-0.15, -0.1) is 0 Å². The zero-order valence-corrected chi connectivity index (χ0v) is 18.6. The predicted molar refractivity (Wildman–Crippen MR) is 127 cm³/mol. The van der Waals surface area contributed by atoms with Crippen LogP contribution in [0.1, 0.15) is 49.7 Å². The second-order valence-electron chi connectivity index (χ2n) is 8.64. The molecular weight excluding hydrogens is 412 g/mol. The molecule has 1 atom stereocenters. The van der Waals surface area contributed by atoms with E-state index in [1.807, 2.05) is 89.3 Å². The first kappa shape index (κ1) is 20.9. The van der Waals surface area contributed by atoms with Crippen LogP contribution in [0.25, 0.3) is 5.65 Å². The first-order valence-corrected chi connectivity index (χ1v) is 11.2. The van der Waals surface area contributed by atoms with Gasteiger partial charge in [0.05, 0.1) is 0 Å². The Balaban J connectivity index is 1.18. The molecule has 33 heavy (non-hydrogen) atoms. The highest BCUT2D eigenvalue weighted by Gasteiger charge is 2.28. The Morgan fingerprint density at radius 1 is 1.03 bits per heavy atom. The summed E-state index contributed by atoms with van der Waals surface area (Å²) in [6, 6.07) is 19.4. The molecule has 1 N–H and O–H groups in total. The van der Waals surface area contributed by atoms with Gasteiger partial charge in [-0.25, -0.2) is 4.98 Å². The normalized spacial score (nSPS) is 15.7. The van der Waals surface area contributed by atoms with E-state index in [2.05, 4.69) is 10.3 Å². The Hall–Kier alpha value is -3.93. The fourth-order valence-electron chi connectivity index (χ4n) is 4.43. The molecule has 0 saturated carbocycles. The number of rotatable bonds is 5. The van der Waals surface area contributed by atoms with E-state index in [9.17, 15) is 9.59 Å². The molecular formula is C27H26N4O2. The molecule has 0 spiro atoms. The van der Waals surface area contributed by atoms with Gasteiger partial charge in [0.15, 0.2) is 0 Å². The zero-order chi connectivity index (χ0) is 22.8. The number of hydrogen-bond acceptors (Lipinski definition) is 3. The van der Waals surface area contributed by atoms with Crippen molar-refractivity contribution in [2.45, 2.75) is 25.8 Å². The van der Waals surface area contributed by atoms with E-state index in [0.717, 1.165) is 40.9 Å². The van der Waals surface area contributed by atoms with Gasteiger partial charge in [-0.2, -0.15) is 0 Å². The van der Waals surface area contributed by atoms with Gasteiger partial charge >= 0.3 is 0 Å². The number of aromatic nitrogens is 2. The highest BCUT2D eigenvalue weighted by molar-refractivity contribution is 5.95. The number of aryl methyl sites for hydroxylation is 1. The highest BCUT2D eigenvalue weighted by Crippen LogP contribution is 2.28. The van der Waals surface area contributed by atoms with Crippen molar-refractivity contribution >= 4 is 17.5 Å². The Labute approximate surface area is 192 Å². The van der Waals surface area contributed by atoms with Gasteiger partial charge < -0.3 is 14.6 Å². The van der Waals surface area contributed by atoms with Crippen LogP contribution in [0.15, 0.2) is 79.3 Å². The summed E-state index contributed by atoms with van der Waals surface area (Å²) in [4.78, 5) is 31.6. The average Bonchev–Trinajstić information content (AvgIpc) is 3.52. The van der Waals surface area contributed by atoms with E-state index in [-0.39, 0.29) is 17.7 Å². The molecule has 3 heterocycles. The number of hydrogen-bond donors (Lipinski definition) is 1. The monoisotopic (exact) mass is 438 g/mol. The second-order valence-corrected chi connectivity index (χ2v) is 8.64. The van der Waals surface area contributed by atoms with Crippen molar-refractivity contribution < 1.29 is 9.59 Å². The summed E-state index contributed by atoms with van der Waals surface area (Å²) < 4.78 is 1.93. The van der Waals surface area contributed by atoms with Gasteiger partial charge in [0.2, 0.25) is 0 Å². The number of nitrogens with one attached hydrogen (secondary N) is 1. The molecule has 4 aromatic rings. The van der Waals surface area contributed by atoms with E-state index < -0.39 is 0 Å². The largest absolute Gasteiger partial charge is 0.348 e. The molecule has 6 nitrogen and oxygen atoms in total. The third kappa shape index (κ3) is 4.51. The van der Waals surface area contributed by atoms with Crippen LogP contribution in [-0.4, -0.2) is 39.2 Å². The molecule has 1 aliphatic rings. The number of likely N-dealkylation sites (tertiary alicyclic amines) is 1. The summed E-state index contributed by atoms with van der Waals surface area (Å²) in [7, 11) is 0. The topological polar surface area (TPSA) is 66.7 Å². The standard InChI is InChI=1S/C27H26N4O2/c1-19-3-2-4-23(15-19)27(33)31-13-10-24(18-31)21-5-7-22(8-6-21)26(32)29-17-20-9-12-30-14-11-28-25(30)16-20/h2-9,11-12,14-16,24H,10,13,17-18H2,1H3,(H,29,32). The fourth-order valence-corrected chi connectivity index (χ4v) is 4.43. The number of benzene rings is 2. The number of imidazole rings is 1. The van der Waals surface area contributed by atoms with Crippen LogP contribution in [0.4, 0.5) is 0 Å². The van der Waals surface area contributed by atoms with Crippen molar-refractivity contribution in [3.63, 3.8) is 0 Å². The molecule has 2 aromatic carbocycles. The van der Waals surface area contributed by atoms with Crippen LogP contribution < -0.4 is 5.32 Å². The SMILES string of the molecule is Cc1cccc(C(=O)N2CCC(c3ccc(C(=O)NCc4ccn5ccnc5c4)cc3)C2)c1. The molecule has 6 heteroatoms. The summed E-state index contributed by atoms with van der Waals surface area (Å²) in [5.41, 5.74) is 5.49. The molecule has 0 radical (unpaired) electrons. The smallest absolute Gasteiger partial charge is 0.253 e. The number of amides is 2. The zero-order valence-electron chi connectivity index (χ0n) is 18.6. The van der Waals surface area contributed by atoms with Gasteiger partial charge in [0, 0.05) is 55.3 Å². The molecule has 1 unspecified atom stereocenters. The molecule has 1 aliphatic heterocycles. The quantitative estimate of drug-likeness (QED) is 0.508. The van der Waals surface area contributed by atoms with Crippen molar-refractivity contribution in [2.75, 3.05) is 13.1 Å². The molecule has 1 fully saturated rings. The van der Waals surface area contributed by atoms with Crippen molar-refractivity contribution in [2.24, 2.45) is 0 Å². The Morgan fingerprint density at radius 3 is 2.70 bits per heavy atom. The van der Waals surface area contributed by atoms with Crippen LogP contribution in [0, 0.1) is 6.92 Å². The van der Waals surface area contributed by atoms with Crippen molar-refractivity contribution in [3.8, 4) is 0 Å². The average molecular weight is 439 g/mol. The van der Waals surface area contributed by atoms with Gasteiger partial charge in [-0.3, -0.25) is 9.59 Å². The molecule has 166 valence electrons. The first-order valence-electron chi connectivity index (χ1n) is 11.2. The van der Waals surface area contributed by atoms with E-state index in [0.29, 0.717) is 18.7 Å². The minimum absolute atomic E-state index is 0.0886. The predicted octanol–water partition coefficient (Wildman–Crippen LogP) is 4.20. The van der Waals surface area contributed by atoms with Gasteiger partial charge in [0.1, 0.15) is 5.65 Å². The Morgan fingerprint density at radius 2 is 1.88 bits per heavy atom. The lowest BCUT2D eigenvalue weighted by molar-refractivity contribution is 0.0790. The minimum Gasteiger partial charge on any atom is -0.348 e. The number of pyridine rings is 1. The maximum Gasteiger partial charge on any atom is 0.253 e. The van der Waals surface area contributed by atoms with Gasteiger partial charge in [0.25, 0.3) is 11.8 Å². The highest BCUT2D eigenvalue weighted by atomic mass is 16.2. The lowest BCUT2D eigenvalue weighted by atomic mass is 9.97. The van der Waals surface area contributed by atoms with Crippen LogP contribution in [0.5, 0.6) is 0 Å². The summed E-state index contributed by atoms with van der Waals surface area (Å²) in [5.74, 6) is 0.273. The van der Waals surface area contributed by atoms with Crippen molar-refractivity contribution in [3.05, 3.63) is 107 Å². The summed E-state index contributed by atoms with van der Waals surface area (Å²) in [5, 5.41) is 2.98. The molecule has 0 aliphatic carbocycles. The summed E-state index contributed by atoms with van der Waals surface area (Å²) in [6.07, 6.45) is 6.51.